The zero-order valence-electron chi connectivity index (χ0n) is 13.1. The summed E-state index contributed by atoms with van der Waals surface area (Å²) in [5, 5.41) is 10.1. The van der Waals surface area contributed by atoms with E-state index in [0.29, 0.717) is 5.56 Å². The number of hydrogen-bond donors (Lipinski definition) is 2. The highest BCUT2D eigenvalue weighted by molar-refractivity contribution is 7.86. The van der Waals surface area contributed by atoms with Crippen LogP contribution >= 0.6 is 0 Å². The fourth-order valence-electron chi connectivity index (χ4n) is 2.32. The Kier molecular flexibility index (Phi) is 4.56. The third-order valence-electron chi connectivity index (χ3n) is 3.45. The Morgan fingerprint density at radius 1 is 1.04 bits per heavy atom. The van der Waals surface area contributed by atoms with Crippen LogP contribution in [-0.4, -0.2) is 13.5 Å². The van der Waals surface area contributed by atoms with E-state index >= 15 is 0 Å². The lowest BCUT2D eigenvalue weighted by Crippen LogP contribution is -2.12. The van der Waals surface area contributed by atoms with Gasteiger partial charge in [-0.2, -0.15) is 8.42 Å². The Balaban J connectivity index is 1.96. The predicted octanol–water partition coefficient (Wildman–Crippen LogP) is 3.42. The van der Waals surface area contributed by atoms with E-state index in [1.165, 1.54) is 0 Å². The maximum Gasteiger partial charge on any atom is 0.313 e. The number of furan rings is 1. The van der Waals surface area contributed by atoms with Crippen LogP contribution in [0.15, 0.2) is 52.9 Å². The highest BCUT2D eigenvalue weighted by Crippen LogP contribution is 2.46. The summed E-state index contributed by atoms with van der Waals surface area (Å²) in [6.07, 6.45) is 0. The van der Waals surface area contributed by atoms with Crippen molar-refractivity contribution < 1.29 is 30.9 Å². The Hall–Kier alpha value is -3.07. The Bertz CT molecular complexity index is 1030. The Morgan fingerprint density at radius 3 is 2.27 bits per heavy atom. The molecule has 9 heteroatoms. The van der Waals surface area contributed by atoms with Crippen LogP contribution in [0.4, 0.5) is 14.7 Å². The number of aromatic hydroxyl groups is 1. The van der Waals surface area contributed by atoms with Gasteiger partial charge in [0.05, 0.1) is 5.56 Å². The van der Waals surface area contributed by atoms with E-state index < -0.39 is 56.2 Å². The van der Waals surface area contributed by atoms with Crippen LogP contribution in [0.2, 0.25) is 0 Å². The first-order valence-electron chi connectivity index (χ1n) is 7.30. The second-order valence-electron chi connectivity index (χ2n) is 5.34. The molecule has 0 amide bonds. The minimum absolute atomic E-state index is 0.439. The molecule has 0 spiro atoms. The molecule has 3 aromatic rings. The van der Waals surface area contributed by atoms with Crippen LogP contribution < -0.4 is 9.92 Å². The van der Waals surface area contributed by atoms with Gasteiger partial charge in [-0.1, -0.05) is 36.4 Å². The summed E-state index contributed by atoms with van der Waals surface area (Å²) in [7, 11) is -4.21. The summed E-state index contributed by atoms with van der Waals surface area (Å²) in [4.78, 5) is 0. The molecule has 0 radical (unpaired) electrons. The smallest absolute Gasteiger partial charge is 0.313 e. The summed E-state index contributed by atoms with van der Waals surface area (Å²) < 4.78 is 61.8. The van der Waals surface area contributed by atoms with Gasteiger partial charge in [-0.3, -0.25) is 0 Å². The van der Waals surface area contributed by atoms with Crippen LogP contribution in [0, 0.1) is 11.6 Å². The third-order valence-corrected chi connectivity index (χ3v) is 4.56. The standard InChI is InChI=1S/C17H13F2NO5S/c18-11-7-4-8-12(19)13(11)15-14(21)16(17(20)24-15)25-26(22,23)9-10-5-2-1-3-6-10/h1-8,21H,9,20H2. The number of nitrogen functional groups attached to an aromatic ring is 1. The zero-order valence-corrected chi connectivity index (χ0v) is 14.0. The maximum atomic E-state index is 13.9. The fraction of sp³-hybridized carbons (Fsp3) is 0.0588. The van der Waals surface area contributed by atoms with E-state index in [-0.39, 0.29) is 0 Å². The van der Waals surface area contributed by atoms with Gasteiger partial charge in [0.2, 0.25) is 17.4 Å². The lowest BCUT2D eigenvalue weighted by molar-refractivity contribution is 0.431. The summed E-state index contributed by atoms with van der Waals surface area (Å²) in [6.45, 7) is 0. The highest BCUT2D eigenvalue weighted by Gasteiger charge is 2.29. The Morgan fingerprint density at radius 2 is 1.65 bits per heavy atom. The van der Waals surface area contributed by atoms with Crippen molar-refractivity contribution in [3.63, 3.8) is 0 Å². The van der Waals surface area contributed by atoms with E-state index in [9.17, 15) is 22.3 Å². The second kappa shape index (κ2) is 6.68. The molecule has 1 aromatic heterocycles. The minimum atomic E-state index is -4.21. The molecule has 0 unspecified atom stereocenters. The maximum absolute atomic E-state index is 13.9. The molecule has 0 aliphatic carbocycles. The first-order valence-corrected chi connectivity index (χ1v) is 8.88. The summed E-state index contributed by atoms with van der Waals surface area (Å²) in [5.74, 6) is -5.47. The average molecular weight is 381 g/mol. The molecule has 0 aliphatic rings. The molecule has 26 heavy (non-hydrogen) atoms. The summed E-state index contributed by atoms with van der Waals surface area (Å²) in [5.41, 5.74) is 5.27. The molecule has 2 aromatic carbocycles. The van der Waals surface area contributed by atoms with Gasteiger partial charge >= 0.3 is 10.1 Å². The molecule has 0 aliphatic heterocycles. The van der Waals surface area contributed by atoms with Crippen molar-refractivity contribution in [1.82, 2.24) is 0 Å². The van der Waals surface area contributed by atoms with Crippen molar-refractivity contribution in [2.24, 2.45) is 0 Å². The van der Waals surface area contributed by atoms with Crippen LogP contribution in [-0.2, 0) is 15.9 Å². The van der Waals surface area contributed by atoms with Crippen molar-refractivity contribution in [3.8, 4) is 22.8 Å². The molecule has 1 heterocycles. The Labute approximate surface area is 147 Å². The molecular weight excluding hydrogens is 368 g/mol. The van der Waals surface area contributed by atoms with Gasteiger partial charge in [0, 0.05) is 0 Å². The number of nitrogens with two attached hydrogens (primary N) is 1. The second-order valence-corrected chi connectivity index (χ2v) is 6.91. The number of rotatable bonds is 5. The number of hydrogen-bond acceptors (Lipinski definition) is 6. The quantitative estimate of drug-likeness (QED) is 0.657. The van der Waals surface area contributed by atoms with Crippen LogP contribution in [0.3, 0.4) is 0 Å². The zero-order chi connectivity index (χ0) is 18.9. The number of halogens is 2. The highest BCUT2D eigenvalue weighted by atomic mass is 32.2. The fourth-order valence-corrected chi connectivity index (χ4v) is 3.40. The van der Waals surface area contributed by atoms with Gasteiger partial charge < -0.3 is 19.4 Å². The first kappa shape index (κ1) is 17.7. The van der Waals surface area contributed by atoms with Crippen molar-refractivity contribution in [3.05, 3.63) is 65.7 Å². The van der Waals surface area contributed by atoms with Crippen molar-refractivity contribution in [2.45, 2.75) is 5.75 Å². The van der Waals surface area contributed by atoms with Crippen molar-refractivity contribution in [2.75, 3.05) is 5.73 Å². The monoisotopic (exact) mass is 381 g/mol. The van der Waals surface area contributed by atoms with E-state index in [4.69, 9.17) is 14.3 Å². The van der Waals surface area contributed by atoms with E-state index in [1.807, 2.05) is 0 Å². The van der Waals surface area contributed by atoms with Crippen LogP contribution in [0.5, 0.6) is 11.5 Å². The van der Waals surface area contributed by atoms with Crippen LogP contribution in [0.1, 0.15) is 5.56 Å². The van der Waals surface area contributed by atoms with Crippen molar-refractivity contribution >= 4 is 16.0 Å². The van der Waals surface area contributed by atoms with E-state index in [2.05, 4.69) is 0 Å². The lowest BCUT2D eigenvalue weighted by Gasteiger charge is -2.06. The molecule has 136 valence electrons. The molecule has 0 fully saturated rings. The average Bonchev–Trinajstić information content (AvgIpc) is 2.83. The number of anilines is 1. The summed E-state index contributed by atoms with van der Waals surface area (Å²) >= 11 is 0. The minimum Gasteiger partial charge on any atom is -0.501 e. The van der Waals surface area contributed by atoms with E-state index in [0.717, 1.165) is 18.2 Å². The molecular formula is C17H13F2NO5S. The largest absolute Gasteiger partial charge is 0.501 e. The summed E-state index contributed by atoms with van der Waals surface area (Å²) in [6, 6.07) is 11.2. The van der Waals surface area contributed by atoms with Gasteiger partial charge in [-0.25, -0.2) is 8.78 Å². The molecule has 0 bridgehead atoms. The molecule has 3 N–H and O–H groups in total. The normalized spacial score (nSPS) is 11.5. The van der Waals surface area contributed by atoms with Crippen molar-refractivity contribution in [1.29, 1.82) is 0 Å². The predicted molar refractivity (Wildman–Crippen MR) is 89.8 cm³/mol. The van der Waals surface area contributed by atoms with Gasteiger partial charge in [0.25, 0.3) is 0 Å². The van der Waals surface area contributed by atoms with Gasteiger partial charge in [-0.15, -0.1) is 0 Å². The molecule has 0 atom stereocenters. The molecule has 3 rings (SSSR count). The van der Waals surface area contributed by atoms with Crippen LogP contribution in [0.25, 0.3) is 11.3 Å². The topological polar surface area (TPSA) is 103 Å². The third kappa shape index (κ3) is 3.47. The van der Waals surface area contributed by atoms with Gasteiger partial charge in [-0.05, 0) is 17.7 Å². The van der Waals surface area contributed by atoms with E-state index in [1.54, 1.807) is 30.3 Å². The molecule has 0 saturated carbocycles. The molecule has 0 saturated heterocycles. The van der Waals surface area contributed by atoms with Gasteiger partial charge in [0.15, 0.2) is 5.76 Å². The number of benzene rings is 2. The SMILES string of the molecule is Nc1oc(-c2c(F)cccc2F)c(O)c1OS(=O)(=O)Cc1ccccc1. The first-order chi connectivity index (χ1) is 12.3. The lowest BCUT2D eigenvalue weighted by atomic mass is 10.1. The van der Waals surface area contributed by atoms with Gasteiger partial charge in [0.1, 0.15) is 17.4 Å². The molecule has 6 nitrogen and oxygen atoms in total.